The molecule has 2 aromatic rings. The summed E-state index contributed by atoms with van der Waals surface area (Å²) in [6.45, 7) is 2.61. The van der Waals surface area contributed by atoms with Gasteiger partial charge in [-0.1, -0.05) is 43.7 Å². The van der Waals surface area contributed by atoms with Crippen molar-refractivity contribution in [1.29, 1.82) is 0 Å². The van der Waals surface area contributed by atoms with Crippen molar-refractivity contribution < 1.29 is 9.13 Å². The molecule has 0 bridgehead atoms. The van der Waals surface area contributed by atoms with Gasteiger partial charge in [-0.05, 0) is 49.2 Å². The van der Waals surface area contributed by atoms with Gasteiger partial charge in [0.05, 0.1) is 6.67 Å². The predicted molar refractivity (Wildman–Crippen MR) is 89.2 cm³/mol. The first kappa shape index (κ1) is 16.5. The molecule has 2 rings (SSSR count). The van der Waals surface area contributed by atoms with Crippen LogP contribution in [0.2, 0.25) is 0 Å². The number of alkyl halides is 1. The van der Waals surface area contributed by atoms with Crippen LogP contribution in [0, 0.1) is 0 Å². The van der Waals surface area contributed by atoms with E-state index in [9.17, 15) is 4.39 Å². The number of hydrogen-bond donors (Lipinski definition) is 1. The van der Waals surface area contributed by atoms with Crippen molar-refractivity contribution in [3.05, 3.63) is 60.2 Å². The summed E-state index contributed by atoms with van der Waals surface area (Å²) in [4.78, 5) is 0. The van der Waals surface area contributed by atoms with Crippen LogP contribution in [0.1, 0.15) is 37.8 Å². The van der Waals surface area contributed by atoms with Gasteiger partial charge in [-0.25, -0.2) is 0 Å². The fourth-order valence-corrected chi connectivity index (χ4v) is 2.41. The molecule has 2 aromatic carbocycles. The van der Waals surface area contributed by atoms with Crippen molar-refractivity contribution >= 4 is 0 Å². The molecule has 3 heteroatoms. The Labute approximate surface area is 132 Å². The largest absolute Gasteiger partial charge is 0.457 e. The van der Waals surface area contributed by atoms with Crippen LogP contribution in [-0.2, 0) is 0 Å². The second-order valence-electron chi connectivity index (χ2n) is 5.32. The van der Waals surface area contributed by atoms with E-state index in [-0.39, 0.29) is 12.7 Å². The van der Waals surface area contributed by atoms with E-state index in [4.69, 9.17) is 4.74 Å². The second-order valence-corrected chi connectivity index (χ2v) is 5.32. The number of halogens is 1. The average Bonchev–Trinajstić information content (AvgIpc) is 2.56. The molecule has 0 spiro atoms. The fraction of sp³-hybridized carbons (Fsp3) is 0.368. The van der Waals surface area contributed by atoms with E-state index in [1.165, 1.54) is 5.56 Å². The maximum absolute atomic E-state index is 12.2. The summed E-state index contributed by atoms with van der Waals surface area (Å²) >= 11 is 0. The Hall–Kier alpha value is -1.87. The highest BCUT2D eigenvalue weighted by atomic mass is 19.1. The molecule has 0 heterocycles. The zero-order valence-electron chi connectivity index (χ0n) is 13.1. The average molecular weight is 301 g/mol. The Morgan fingerprint density at radius 2 is 1.68 bits per heavy atom. The van der Waals surface area contributed by atoms with Crippen molar-refractivity contribution in [2.24, 2.45) is 0 Å². The first-order valence-electron chi connectivity index (χ1n) is 7.95. The molecule has 0 aliphatic rings. The lowest BCUT2D eigenvalue weighted by Crippen LogP contribution is -2.22. The lowest BCUT2D eigenvalue weighted by Gasteiger charge is -2.18. The molecule has 0 aliphatic carbocycles. The fourth-order valence-electron chi connectivity index (χ4n) is 2.41. The third-order valence-corrected chi connectivity index (χ3v) is 3.54. The molecule has 118 valence electrons. The normalized spacial score (nSPS) is 12.1. The van der Waals surface area contributed by atoms with Crippen LogP contribution < -0.4 is 10.1 Å². The molecule has 2 nitrogen and oxygen atoms in total. The van der Waals surface area contributed by atoms with E-state index in [0.717, 1.165) is 24.3 Å². The first-order valence-corrected chi connectivity index (χ1v) is 7.95. The van der Waals surface area contributed by atoms with Crippen molar-refractivity contribution in [3.63, 3.8) is 0 Å². The summed E-state index contributed by atoms with van der Waals surface area (Å²) < 4.78 is 18.0. The highest BCUT2D eigenvalue weighted by molar-refractivity contribution is 5.33. The topological polar surface area (TPSA) is 21.3 Å². The van der Waals surface area contributed by atoms with E-state index in [1.807, 2.05) is 42.5 Å². The van der Waals surface area contributed by atoms with E-state index < -0.39 is 0 Å². The van der Waals surface area contributed by atoms with E-state index in [0.29, 0.717) is 13.0 Å². The van der Waals surface area contributed by atoms with Crippen LogP contribution in [0.5, 0.6) is 11.5 Å². The van der Waals surface area contributed by atoms with Crippen LogP contribution in [0.25, 0.3) is 0 Å². The first-order chi connectivity index (χ1) is 10.8. The Morgan fingerprint density at radius 3 is 2.32 bits per heavy atom. The highest BCUT2D eigenvalue weighted by Gasteiger charge is 2.10. The monoisotopic (exact) mass is 301 g/mol. The molecule has 0 aromatic heterocycles. The van der Waals surface area contributed by atoms with E-state index in [1.54, 1.807) is 0 Å². The summed E-state index contributed by atoms with van der Waals surface area (Å²) in [6, 6.07) is 18.2. The van der Waals surface area contributed by atoms with Crippen molar-refractivity contribution in [2.45, 2.75) is 32.2 Å². The standard InChI is InChI=1S/C19H24FNO/c1-2-7-19(21-15-6-14-20)16-10-12-18(13-11-16)22-17-8-4-3-5-9-17/h3-5,8-13,19,21H,2,6-7,14-15H2,1H3. The van der Waals surface area contributed by atoms with E-state index in [2.05, 4.69) is 24.4 Å². The second kappa shape index (κ2) is 9.21. The summed E-state index contributed by atoms with van der Waals surface area (Å²) in [5.74, 6) is 1.66. The SMILES string of the molecule is CCCC(NCCCF)c1ccc(Oc2ccccc2)cc1. The van der Waals surface area contributed by atoms with Crippen LogP contribution in [0.3, 0.4) is 0 Å². The highest BCUT2D eigenvalue weighted by Crippen LogP contribution is 2.25. The van der Waals surface area contributed by atoms with Gasteiger partial charge in [0, 0.05) is 6.04 Å². The molecule has 0 saturated heterocycles. The molecular formula is C19H24FNO. The van der Waals surface area contributed by atoms with Gasteiger partial charge < -0.3 is 10.1 Å². The molecule has 22 heavy (non-hydrogen) atoms. The molecule has 0 aliphatic heterocycles. The minimum Gasteiger partial charge on any atom is -0.457 e. The molecule has 0 saturated carbocycles. The Kier molecular flexibility index (Phi) is 6.91. The predicted octanol–water partition coefficient (Wildman–Crippen LogP) is 5.27. The third-order valence-electron chi connectivity index (χ3n) is 3.54. The molecule has 0 amide bonds. The lowest BCUT2D eigenvalue weighted by atomic mass is 10.0. The third kappa shape index (κ3) is 5.15. The Balaban J connectivity index is 1.99. The molecule has 0 radical (unpaired) electrons. The minimum absolute atomic E-state index is 0.268. The molecule has 0 fully saturated rings. The lowest BCUT2D eigenvalue weighted by molar-refractivity contribution is 0.428. The van der Waals surface area contributed by atoms with Crippen molar-refractivity contribution in [2.75, 3.05) is 13.2 Å². The zero-order valence-corrected chi connectivity index (χ0v) is 13.1. The van der Waals surface area contributed by atoms with Gasteiger partial charge in [0.25, 0.3) is 0 Å². The Morgan fingerprint density at radius 1 is 1.00 bits per heavy atom. The number of nitrogens with one attached hydrogen (secondary N) is 1. The minimum atomic E-state index is -0.268. The van der Waals surface area contributed by atoms with Gasteiger partial charge in [0.2, 0.25) is 0 Å². The van der Waals surface area contributed by atoms with Gasteiger partial charge >= 0.3 is 0 Å². The number of para-hydroxylation sites is 1. The molecule has 1 atom stereocenters. The molecule has 1 unspecified atom stereocenters. The van der Waals surface area contributed by atoms with Crippen molar-refractivity contribution in [1.82, 2.24) is 5.32 Å². The van der Waals surface area contributed by atoms with Gasteiger partial charge in [0.15, 0.2) is 0 Å². The number of hydrogen-bond acceptors (Lipinski definition) is 2. The van der Waals surface area contributed by atoms with Gasteiger partial charge in [-0.15, -0.1) is 0 Å². The van der Waals surface area contributed by atoms with Gasteiger partial charge in [-0.3, -0.25) is 4.39 Å². The van der Waals surface area contributed by atoms with E-state index >= 15 is 0 Å². The quantitative estimate of drug-likeness (QED) is 0.637. The van der Waals surface area contributed by atoms with Crippen LogP contribution >= 0.6 is 0 Å². The number of rotatable bonds is 9. The smallest absolute Gasteiger partial charge is 0.127 e. The van der Waals surface area contributed by atoms with Crippen molar-refractivity contribution in [3.8, 4) is 11.5 Å². The van der Waals surface area contributed by atoms with Crippen LogP contribution in [0.15, 0.2) is 54.6 Å². The van der Waals surface area contributed by atoms with Gasteiger partial charge in [0.1, 0.15) is 11.5 Å². The number of ether oxygens (including phenoxy) is 1. The number of benzene rings is 2. The molecule has 1 N–H and O–H groups in total. The maximum atomic E-state index is 12.2. The molecular weight excluding hydrogens is 277 g/mol. The summed E-state index contributed by atoms with van der Waals surface area (Å²) in [6.07, 6.45) is 2.70. The maximum Gasteiger partial charge on any atom is 0.127 e. The van der Waals surface area contributed by atoms with Gasteiger partial charge in [-0.2, -0.15) is 0 Å². The summed E-state index contributed by atoms with van der Waals surface area (Å²) in [5, 5.41) is 3.43. The zero-order chi connectivity index (χ0) is 15.6. The van der Waals surface area contributed by atoms with Crippen LogP contribution in [0.4, 0.5) is 4.39 Å². The Bertz CT molecular complexity index is 527. The summed E-state index contributed by atoms with van der Waals surface area (Å²) in [5.41, 5.74) is 1.22. The summed E-state index contributed by atoms with van der Waals surface area (Å²) in [7, 11) is 0. The van der Waals surface area contributed by atoms with Crippen LogP contribution in [-0.4, -0.2) is 13.2 Å².